The molecule has 1 aliphatic rings. The summed E-state index contributed by atoms with van der Waals surface area (Å²) >= 11 is 2.00. The summed E-state index contributed by atoms with van der Waals surface area (Å²) < 4.78 is 0. The van der Waals surface area contributed by atoms with E-state index in [4.69, 9.17) is 5.73 Å². The Morgan fingerprint density at radius 1 is 1.35 bits per heavy atom. The van der Waals surface area contributed by atoms with Crippen LogP contribution in [0.25, 0.3) is 0 Å². The number of nitrogens with two attached hydrogens (primary N) is 1. The summed E-state index contributed by atoms with van der Waals surface area (Å²) in [5.74, 6) is 1.17. The van der Waals surface area contributed by atoms with E-state index in [0.717, 1.165) is 18.2 Å². The summed E-state index contributed by atoms with van der Waals surface area (Å²) in [5, 5.41) is 4.34. The van der Waals surface area contributed by atoms with Gasteiger partial charge >= 0.3 is 0 Å². The first-order valence-corrected chi connectivity index (χ1v) is 7.42. The van der Waals surface area contributed by atoms with Crippen LogP contribution in [0.4, 0.5) is 0 Å². The van der Waals surface area contributed by atoms with E-state index in [9.17, 15) is 0 Å². The molecule has 0 amide bonds. The number of benzene rings is 1. The van der Waals surface area contributed by atoms with Crippen molar-refractivity contribution in [2.45, 2.75) is 37.6 Å². The van der Waals surface area contributed by atoms with Crippen LogP contribution in [0, 0.1) is 0 Å². The van der Waals surface area contributed by atoms with Crippen molar-refractivity contribution in [2.75, 3.05) is 12.3 Å². The smallest absolute Gasteiger partial charge is 0.0341 e. The Labute approximate surface area is 108 Å². The molecule has 0 aromatic heterocycles. The standard InChI is InChI=1S/C14H22N2S/c1-10(2)17-8-7-16-14-9-13(15)11-5-3-4-6-12(11)14/h3-6,10,13-14,16H,7-9,15H2,1-2H3. The Morgan fingerprint density at radius 3 is 2.76 bits per heavy atom. The van der Waals surface area contributed by atoms with Crippen molar-refractivity contribution in [1.29, 1.82) is 0 Å². The Morgan fingerprint density at radius 2 is 2.06 bits per heavy atom. The normalized spacial score (nSPS) is 23.1. The third kappa shape index (κ3) is 3.24. The lowest BCUT2D eigenvalue weighted by atomic mass is 10.1. The van der Waals surface area contributed by atoms with Gasteiger partial charge < -0.3 is 11.1 Å². The van der Waals surface area contributed by atoms with Crippen molar-refractivity contribution >= 4 is 11.8 Å². The summed E-state index contributed by atoms with van der Waals surface area (Å²) in [7, 11) is 0. The summed E-state index contributed by atoms with van der Waals surface area (Å²) in [4.78, 5) is 0. The largest absolute Gasteiger partial charge is 0.324 e. The summed E-state index contributed by atoms with van der Waals surface area (Å²) in [6.07, 6.45) is 1.03. The lowest BCUT2D eigenvalue weighted by Gasteiger charge is -2.14. The number of nitrogens with one attached hydrogen (secondary N) is 1. The van der Waals surface area contributed by atoms with Crippen LogP contribution in [-0.4, -0.2) is 17.5 Å². The van der Waals surface area contributed by atoms with Crippen LogP contribution in [0.3, 0.4) is 0 Å². The summed E-state index contributed by atoms with van der Waals surface area (Å²) in [5.41, 5.74) is 8.86. The average Bonchev–Trinajstić information content (AvgIpc) is 2.63. The van der Waals surface area contributed by atoms with Gasteiger partial charge in [0.15, 0.2) is 0 Å². The zero-order chi connectivity index (χ0) is 12.3. The molecule has 17 heavy (non-hydrogen) atoms. The van der Waals surface area contributed by atoms with Crippen molar-refractivity contribution in [3.63, 3.8) is 0 Å². The van der Waals surface area contributed by atoms with Gasteiger partial charge in [0.1, 0.15) is 0 Å². The van der Waals surface area contributed by atoms with E-state index < -0.39 is 0 Å². The second-order valence-electron chi connectivity index (χ2n) is 4.90. The molecule has 1 aliphatic carbocycles. The fourth-order valence-corrected chi connectivity index (χ4v) is 3.10. The van der Waals surface area contributed by atoms with Gasteiger partial charge in [-0.15, -0.1) is 0 Å². The molecule has 2 unspecified atom stereocenters. The fraction of sp³-hybridized carbons (Fsp3) is 0.571. The van der Waals surface area contributed by atoms with E-state index in [-0.39, 0.29) is 6.04 Å². The molecule has 0 radical (unpaired) electrons. The Hall–Kier alpha value is -0.510. The van der Waals surface area contributed by atoms with E-state index >= 15 is 0 Å². The first-order valence-electron chi connectivity index (χ1n) is 6.38. The van der Waals surface area contributed by atoms with Gasteiger partial charge in [0.05, 0.1) is 0 Å². The minimum atomic E-state index is 0.210. The third-order valence-electron chi connectivity index (χ3n) is 3.20. The molecule has 0 saturated carbocycles. The van der Waals surface area contributed by atoms with Crippen molar-refractivity contribution in [1.82, 2.24) is 5.32 Å². The van der Waals surface area contributed by atoms with Gasteiger partial charge in [-0.05, 0) is 22.8 Å². The van der Waals surface area contributed by atoms with Crippen LogP contribution in [0.5, 0.6) is 0 Å². The predicted molar refractivity (Wildman–Crippen MR) is 76.3 cm³/mol. The van der Waals surface area contributed by atoms with Gasteiger partial charge in [0, 0.05) is 24.4 Å². The maximum atomic E-state index is 6.14. The molecular weight excluding hydrogens is 228 g/mol. The average molecular weight is 250 g/mol. The molecule has 2 nitrogen and oxygen atoms in total. The van der Waals surface area contributed by atoms with Gasteiger partial charge in [-0.25, -0.2) is 0 Å². The molecule has 2 rings (SSSR count). The van der Waals surface area contributed by atoms with E-state index in [2.05, 4.69) is 43.4 Å². The molecule has 0 spiro atoms. The highest BCUT2D eigenvalue weighted by Crippen LogP contribution is 2.36. The van der Waals surface area contributed by atoms with E-state index in [1.165, 1.54) is 16.9 Å². The van der Waals surface area contributed by atoms with Crippen molar-refractivity contribution in [3.05, 3.63) is 35.4 Å². The van der Waals surface area contributed by atoms with Gasteiger partial charge in [0.25, 0.3) is 0 Å². The topological polar surface area (TPSA) is 38.0 Å². The van der Waals surface area contributed by atoms with E-state index in [1.54, 1.807) is 0 Å². The van der Waals surface area contributed by atoms with E-state index in [0.29, 0.717) is 6.04 Å². The van der Waals surface area contributed by atoms with Crippen LogP contribution >= 0.6 is 11.8 Å². The molecule has 0 bridgehead atoms. The molecule has 94 valence electrons. The molecule has 0 heterocycles. The molecule has 0 fully saturated rings. The van der Waals surface area contributed by atoms with Gasteiger partial charge in [0.2, 0.25) is 0 Å². The number of rotatable bonds is 5. The van der Waals surface area contributed by atoms with Crippen LogP contribution < -0.4 is 11.1 Å². The first kappa shape index (κ1) is 12.9. The quantitative estimate of drug-likeness (QED) is 0.789. The van der Waals surface area contributed by atoms with Crippen molar-refractivity contribution < 1.29 is 0 Å². The molecule has 1 aromatic rings. The van der Waals surface area contributed by atoms with Gasteiger partial charge in [-0.3, -0.25) is 0 Å². The van der Waals surface area contributed by atoms with Crippen LogP contribution in [0.15, 0.2) is 24.3 Å². The van der Waals surface area contributed by atoms with Crippen LogP contribution in [0.1, 0.15) is 43.5 Å². The maximum Gasteiger partial charge on any atom is 0.0341 e. The highest BCUT2D eigenvalue weighted by Gasteiger charge is 2.27. The Bertz CT molecular complexity index is 365. The lowest BCUT2D eigenvalue weighted by molar-refractivity contribution is 0.515. The maximum absolute atomic E-state index is 6.14. The lowest BCUT2D eigenvalue weighted by Crippen LogP contribution is -2.23. The second-order valence-corrected chi connectivity index (χ2v) is 6.58. The van der Waals surface area contributed by atoms with Crippen molar-refractivity contribution in [2.24, 2.45) is 5.73 Å². The Balaban J connectivity index is 1.87. The molecule has 0 aliphatic heterocycles. The number of thioether (sulfide) groups is 1. The number of hydrogen-bond donors (Lipinski definition) is 2. The highest BCUT2D eigenvalue weighted by molar-refractivity contribution is 7.99. The molecular formula is C14H22N2S. The zero-order valence-corrected chi connectivity index (χ0v) is 11.5. The third-order valence-corrected chi connectivity index (χ3v) is 4.31. The molecule has 1 aromatic carbocycles. The zero-order valence-electron chi connectivity index (χ0n) is 10.6. The molecule has 3 heteroatoms. The van der Waals surface area contributed by atoms with Gasteiger partial charge in [-0.2, -0.15) is 11.8 Å². The minimum absolute atomic E-state index is 0.210. The summed E-state index contributed by atoms with van der Waals surface area (Å²) in [6, 6.07) is 9.21. The minimum Gasteiger partial charge on any atom is -0.324 e. The number of hydrogen-bond acceptors (Lipinski definition) is 3. The summed E-state index contributed by atoms with van der Waals surface area (Å²) in [6.45, 7) is 5.55. The monoisotopic (exact) mass is 250 g/mol. The molecule has 3 N–H and O–H groups in total. The van der Waals surface area contributed by atoms with Crippen LogP contribution in [-0.2, 0) is 0 Å². The predicted octanol–water partition coefficient (Wildman–Crippen LogP) is 2.86. The fourth-order valence-electron chi connectivity index (χ4n) is 2.39. The van der Waals surface area contributed by atoms with Crippen LogP contribution in [0.2, 0.25) is 0 Å². The van der Waals surface area contributed by atoms with Gasteiger partial charge in [-0.1, -0.05) is 38.1 Å². The first-order chi connectivity index (χ1) is 8.18. The Kier molecular flexibility index (Phi) is 4.48. The van der Waals surface area contributed by atoms with E-state index in [1.807, 2.05) is 11.8 Å². The molecule has 0 saturated heterocycles. The van der Waals surface area contributed by atoms with Crippen molar-refractivity contribution in [3.8, 4) is 0 Å². The molecule has 2 atom stereocenters. The number of fused-ring (bicyclic) bond motifs is 1. The highest BCUT2D eigenvalue weighted by atomic mass is 32.2. The SMILES string of the molecule is CC(C)SCCNC1CC(N)c2ccccc21. The second kappa shape index (κ2) is 5.89.